The van der Waals surface area contributed by atoms with E-state index in [9.17, 15) is 0 Å². The van der Waals surface area contributed by atoms with Crippen LogP contribution in [0.3, 0.4) is 0 Å². The highest BCUT2D eigenvalue weighted by Crippen LogP contribution is 2.25. The van der Waals surface area contributed by atoms with E-state index in [2.05, 4.69) is 36.8 Å². The van der Waals surface area contributed by atoms with Crippen LogP contribution in [0.2, 0.25) is 0 Å². The number of rotatable bonds is 4. The van der Waals surface area contributed by atoms with E-state index in [0.717, 1.165) is 6.42 Å². The lowest BCUT2D eigenvalue weighted by Crippen LogP contribution is -1.97. The Bertz CT molecular complexity index is 469. The molecular weight excluding hydrogens is 196 g/mol. The Morgan fingerprint density at radius 3 is 2.88 bits per heavy atom. The molecule has 2 nitrogen and oxygen atoms in total. The van der Waals surface area contributed by atoms with Crippen molar-refractivity contribution in [3.63, 3.8) is 0 Å². The summed E-state index contributed by atoms with van der Waals surface area (Å²) in [6.45, 7) is 6.61. The molecule has 2 rings (SSSR count). The van der Waals surface area contributed by atoms with Crippen molar-refractivity contribution in [3.05, 3.63) is 29.7 Å². The van der Waals surface area contributed by atoms with Gasteiger partial charge in [-0.05, 0) is 30.4 Å². The van der Waals surface area contributed by atoms with Crippen molar-refractivity contribution in [2.75, 3.05) is 0 Å². The summed E-state index contributed by atoms with van der Waals surface area (Å²) < 4.78 is 0. The fourth-order valence-electron chi connectivity index (χ4n) is 2.15. The summed E-state index contributed by atoms with van der Waals surface area (Å²) in [7, 11) is 0. The lowest BCUT2D eigenvalue weighted by atomic mass is 10.0. The van der Waals surface area contributed by atoms with E-state index in [1.807, 2.05) is 12.4 Å². The molecule has 0 amide bonds. The Morgan fingerprint density at radius 1 is 1.38 bits per heavy atom. The monoisotopic (exact) mass is 216 g/mol. The van der Waals surface area contributed by atoms with Gasteiger partial charge in [-0.25, -0.2) is 0 Å². The Morgan fingerprint density at radius 2 is 2.19 bits per heavy atom. The molecule has 0 spiro atoms. The molecule has 0 saturated heterocycles. The summed E-state index contributed by atoms with van der Waals surface area (Å²) in [5.41, 5.74) is 3.84. The highest BCUT2D eigenvalue weighted by atomic mass is 14.7. The Kier molecular flexibility index (Phi) is 3.28. The van der Waals surface area contributed by atoms with E-state index in [1.54, 1.807) is 0 Å². The molecule has 86 valence electrons. The molecule has 2 aromatic rings. The van der Waals surface area contributed by atoms with Gasteiger partial charge >= 0.3 is 0 Å². The topological polar surface area (TPSA) is 28.7 Å². The molecular formula is C14H20N2. The van der Waals surface area contributed by atoms with Crippen LogP contribution >= 0.6 is 0 Å². The van der Waals surface area contributed by atoms with Gasteiger partial charge in [0.2, 0.25) is 0 Å². The van der Waals surface area contributed by atoms with Gasteiger partial charge in [0.15, 0.2) is 0 Å². The molecule has 0 aliphatic carbocycles. The number of hydrogen-bond donors (Lipinski definition) is 1. The number of nitrogens with one attached hydrogen (secondary N) is 1. The smallest absolute Gasteiger partial charge is 0.0522 e. The Labute approximate surface area is 97.1 Å². The van der Waals surface area contributed by atoms with Gasteiger partial charge in [-0.1, -0.05) is 27.2 Å². The number of pyridine rings is 1. The van der Waals surface area contributed by atoms with E-state index >= 15 is 0 Å². The Balaban J connectivity index is 2.46. The van der Waals surface area contributed by atoms with Crippen molar-refractivity contribution in [2.24, 2.45) is 0 Å². The van der Waals surface area contributed by atoms with Crippen LogP contribution in [-0.2, 0) is 6.42 Å². The van der Waals surface area contributed by atoms with Crippen LogP contribution in [0.1, 0.15) is 50.8 Å². The molecule has 0 saturated carbocycles. The number of unbranched alkanes of at least 4 members (excludes halogenated alkanes) is 1. The average Bonchev–Trinajstić information content (AvgIpc) is 2.74. The zero-order chi connectivity index (χ0) is 11.5. The van der Waals surface area contributed by atoms with Gasteiger partial charge < -0.3 is 4.98 Å². The molecule has 0 bridgehead atoms. The van der Waals surface area contributed by atoms with Gasteiger partial charge in [0, 0.05) is 17.8 Å². The number of nitrogens with zero attached hydrogens (tertiary/aromatic N) is 1. The number of fused-ring (bicyclic) bond motifs is 1. The van der Waals surface area contributed by atoms with Crippen LogP contribution in [0.5, 0.6) is 0 Å². The van der Waals surface area contributed by atoms with Gasteiger partial charge in [0.05, 0.1) is 11.2 Å². The first kappa shape index (κ1) is 11.2. The van der Waals surface area contributed by atoms with Crippen molar-refractivity contribution < 1.29 is 0 Å². The third kappa shape index (κ3) is 1.97. The standard InChI is InChI=1S/C14H20N2/c1-4-5-6-11-9-16-13(10(2)3)12-7-8-15-14(11)12/h7-10,15H,4-6H2,1-3H3. The average molecular weight is 216 g/mol. The van der Waals surface area contributed by atoms with Crippen molar-refractivity contribution in [3.8, 4) is 0 Å². The van der Waals surface area contributed by atoms with E-state index in [4.69, 9.17) is 0 Å². The van der Waals surface area contributed by atoms with Crippen molar-refractivity contribution >= 4 is 10.9 Å². The van der Waals surface area contributed by atoms with Crippen LogP contribution in [0.4, 0.5) is 0 Å². The molecule has 16 heavy (non-hydrogen) atoms. The number of aromatic nitrogens is 2. The van der Waals surface area contributed by atoms with Crippen LogP contribution < -0.4 is 0 Å². The summed E-state index contributed by atoms with van der Waals surface area (Å²) in [5.74, 6) is 0.485. The Hall–Kier alpha value is -1.31. The van der Waals surface area contributed by atoms with E-state index in [-0.39, 0.29) is 0 Å². The zero-order valence-electron chi connectivity index (χ0n) is 10.4. The SMILES string of the molecule is CCCCc1cnc(C(C)C)c2cc[nH]c12. The minimum absolute atomic E-state index is 0.485. The summed E-state index contributed by atoms with van der Waals surface area (Å²) in [6.07, 6.45) is 7.65. The van der Waals surface area contributed by atoms with E-state index in [0.29, 0.717) is 5.92 Å². The zero-order valence-corrected chi connectivity index (χ0v) is 10.4. The molecule has 0 atom stereocenters. The maximum absolute atomic E-state index is 4.61. The summed E-state index contributed by atoms with van der Waals surface area (Å²) >= 11 is 0. The highest BCUT2D eigenvalue weighted by Gasteiger charge is 2.10. The first-order valence-electron chi connectivity index (χ1n) is 6.19. The molecule has 1 N–H and O–H groups in total. The second-order valence-corrected chi connectivity index (χ2v) is 4.69. The molecule has 2 heteroatoms. The second kappa shape index (κ2) is 4.69. The highest BCUT2D eigenvalue weighted by molar-refractivity contribution is 5.84. The van der Waals surface area contributed by atoms with Crippen LogP contribution in [0.15, 0.2) is 18.5 Å². The molecule has 0 radical (unpaired) electrons. The quantitative estimate of drug-likeness (QED) is 0.821. The molecule has 0 aromatic carbocycles. The van der Waals surface area contributed by atoms with Crippen LogP contribution in [0, 0.1) is 0 Å². The van der Waals surface area contributed by atoms with Crippen molar-refractivity contribution in [1.82, 2.24) is 9.97 Å². The third-order valence-corrected chi connectivity index (χ3v) is 3.05. The number of aromatic amines is 1. The molecule has 2 heterocycles. The molecule has 0 aliphatic heterocycles. The lowest BCUT2D eigenvalue weighted by molar-refractivity contribution is 0.788. The predicted molar refractivity (Wildman–Crippen MR) is 68.8 cm³/mol. The molecule has 2 aromatic heterocycles. The van der Waals surface area contributed by atoms with Gasteiger partial charge in [0.25, 0.3) is 0 Å². The molecule has 0 unspecified atom stereocenters. The van der Waals surface area contributed by atoms with Gasteiger partial charge in [-0.2, -0.15) is 0 Å². The normalized spacial score (nSPS) is 11.5. The van der Waals surface area contributed by atoms with Gasteiger partial charge in [0.1, 0.15) is 0 Å². The predicted octanol–water partition coefficient (Wildman–Crippen LogP) is 4.03. The van der Waals surface area contributed by atoms with E-state index < -0.39 is 0 Å². The maximum Gasteiger partial charge on any atom is 0.0522 e. The lowest BCUT2D eigenvalue weighted by Gasteiger charge is -2.09. The minimum atomic E-state index is 0.485. The second-order valence-electron chi connectivity index (χ2n) is 4.69. The fraction of sp³-hybridized carbons (Fsp3) is 0.500. The molecule has 0 aliphatic rings. The number of hydrogen-bond acceptors (Lipinski definition) is 1. The largest absolute Gasteiger partial charge is 0.361 e. The van der Waals surface area contributed by atoms with E-state index in [1.165, 1.54) is 35.0 Å². The molecule has 0 fully saturated rings. The van der Waals surface area contributed by atoms with Gasteiger partial charge in [-0.15, -0.1) is 0 Å². The summed E-state index contributed by atoms with van der Waals surface area (Å²) in [5, 5.41) is 1.30. The minimum Gasteiger partial charge on any atom is -0.361 e. The van der Waals surface area contributed by atoms with Crippen molar-refractivity contribution in [1.29, 1.82) is 0 Å². The summed E-state index contributed by atoms with van der Waals surface area (Å²) in [6, 6.07) is 2.15. The maximum atomic E-state index is 4.61. The number of H-pyrrole nitrogens is 1. The number of aryl methyl sites for hydroxylation is 1. The summed E-state index contributed by atoms with van der Waals surface area (Å²) in [4.78, 5) is 7.96. The van der Waals surface area contributed by atoms with Crippen LogP contribution in [-0.4, -0.2) is 9.97 Å². The van der Waals surface area contributed by atoms with Crippen molar-refractivity contribution in [2.45, 2.75) is 46.0 Å². The third-order valence-electron chi connectivity index (χ3n) is 3.05. The van der Waals surface area contributed by atoms with Gasteiger partial charge in [-0.3, -0.25) is 4.98 Å². The fourth-order valence-corrected chi connectivity index (χ4v) is 2.15. The first-order valence-corrected chi connectivity index (χ1v) is 6.19. The first-order chi connectivity index (χ1) is 7.74. The van der Waals surface area contributed by atoms with Crippen LogP contribution in [0.25, 0.3) is 10.9 Å².